The maximum atomic E-state index is 14.0. The number of halogens is 3. The molecule has 1 aliphatic heterocycles. The maximum Gasteiger partial charge on any atom is 0.303 e. The first-order chi connectivity index (χ1) is 20.7. The second-order valence-corrected chi connectivity index (χ2v) is 12.5. The molecule has 238 valence electrons. The van der Waals surface area contributed by atoms with Crippen LogP contribution in [0.5, 0.6) is 5.75 Å². The van der Waals surface area contributed by atoms with Crippen LogP contribution >= 0.6 is 35.6 Å². The molecule has 1 amide bonds. The Morgan fingerprint density at radius 3 is 2.18 bits per heavy atom. The fourth-order valence-corrected chi connectivity index (χ4v) is 6.73. The van der Waals surface area contributed by atoms with Crippen molar-refractivity contribution in [3.05, 3.63) is 99.5 Å². The molecule has 0 radical (unpaired) electrons. The van der Waals surface area contributed by atoms with Gasteiger partial charge in [0.1, 0.15) is 5.75 Å². The molecule has 1 fully saturated rings. The minimum atomic E-state index is -0.863. The lowest BCUT2D eigenvalue weighted by molar-refractivity contribution is -0.137. The molecule has 0 spiro atoms. The van der Waals surface area contributed by atoms with E-state index in [1.54, 1.807) is 13.1 Å². The zero-order valence-electron chi connectivity index (χ0n) is 25.5. The van der Waals surface area contributed by atoms with E-state index in [1.165, 1.54) is 0 Å². The molecule has 0 aliphatic carbocycles. The van der Waals surface area contributed by atoms with Crippen LogP contribution in [0.1, 0.15) is 80.4 Å². The summed E-state index contributed by atoms with van der Waals surface area (Å²) in [6.45, 7) is 5.64. The van der Waals surface area contributed by atoms with E-state index in [0.29, 0.717) is 22.2 Å². The van der Waals surface area contributed by atoms with Gasteiger partial charge < -0.3 is 15.2 Å². The molecule has 4 unspecified atom stereocenters. The number of nitrogens with zero attached hydrogens (tertiary/aromatic N) is 1. The number of amides is 1. The van der Waals surface area contributed by atoms with Crippen LogP contribution in [0, 0.1) is 0 Å². The summed E-state index contributed by atoms with van der Waals surface area (Å²) in [7, 11) is 1.67. The summed E-state index contributed by atoms with van der Waals surface area (Å²) in [5.41, 5.74) is 2.74. The zero-order chi connectivity index (χ0) is 30.9. The van der Waals surface area contributed by atoms with Gasteiger partial charge >= 0.3 is 5.97 Å². The summed E-state index contributed by atoms with van der Waals surface area (Å²) in [4.78, 5) is 28.6. The fraction of sp³-hybridized carbons (Fsp3) is 0.429. The van der Waals surface area contributed by atoms with E-state index in [1.807, 2.05) is 80.6 Å². The number of benzene rings is 3. The molecule has 0 saturated carbocycles. The van der Waals surface area contributed by atoms with Crippen molar-refractivity contribution in [3.8, 4) is 5.75 Å². The number of rotatable bonds is 13. The lowest BCUT2D eigenvalue weighted by Crippen LogP contribution is -2.50. The molecule has 4 atom stereocenters. The average molecular weight is 662 g/mol. The van der Waals surface area contributed by atoms with Crippen molar-refractivity contribution in [2.45, 2.75) is 75.9 Å². The first-order valence-corrected chi connectivity index (χ1v) is 15.9. The lowest BCUT2D eigenvalue weighted by atomic mass is 9.73. The van der Waals surface area contributed by atoms with Crippen molar-refractivity contribution in [1.29, 1.82) is 0 Å². The number of ether oxygens (including phenoxy) is 1. The van der Waals surface area contributed by atoms with Crippen molar-refractivity contribution in [1.82, 2.24) is 10.2 Å². The van der Waals surface area contributed by atoms with Gasteiger partial charge in [-0.15, -0.1) is 12.4 Å². The quantitative estimate of drug-likeness (QED) is 0.193. The molecular weight excluding hydrogens is 619 g/mol. The highest BCUT2D eigenvalue weighted by Gasteiger charge is 2.41. The molecule has 9 heteroatoms. The monoisotopic (exact) mass is 660 g/mol. The van der Waals surface area contributed by atoms with E-state index in [2.05, 4.69) is 10.2 Å². The maximum absolute atomic E-state index is 14.0. The summed E-state index contributed by atoms with van der Waals surface area (Å²) in [6.07, 6.45) is 3.65. The molecule has 44 heavy (non-hydrogen) atoms. The number of hydrogen-bond acceptors (Lipinski definition) is 4. The molecule has 3 aromatic carbocycles. The SMILES string of the molecule is CNC(=O)C(c1cccc(OC(C)C)c1)C(C(CC(CC(=O)O)c1ccccc1)c1ccc(Cl)c(Cl)c1)N1CCCCC1.Cl. The van der Waals surface area contributed by atoms with Crippen LogP contribution in [0.15, 0.2) is 72.8 Å². The predicted molar refractivity (Wildman–Crippen MR) is 181 cm³/mol. The van der Waals surface area contributed by atoms with Crippen molar-refractivity contribution < 1.29 is 19.4 Å². The van der Waals surface area contributed by atoms with E-state index >= 15 is 0 Å². The number of carboxylic acids is 1. The van der Waals surface area contributed by atoms with Crippen LogP contribution in [-0.2, 0) is 9.59 Å². The first-order valence-electron chi connectivity index (χ1n) is 15.1. The van der Waals surface area contributed by atoms with E-state index in [9.17, 15) is 14.7 Å². The van der Waals surface area contributed by atoms with Gasteiger partial charge in [-0.1, -0.05) is 78.2 Å². The van der Waals surface area contributed by atoms with Gasteiger partial charge in [-0.3, -0.25) is 14.5 Å². The summed E-state index contributed by atoms with van der Waals surface area (Å²) in [6, 6.07) is 22.9. The number of carbonyl (C=O) groups is 2. The third kappa shape index (κ3) is 9.37. The van der Waals surface area contributed by atoms with Gasteiger partial charge in [-0.2, -0.15) is 0 Å². The third-order valence-electron chi connectivity index (χ3n) is 8.29. The van der Waals surface area contributed by atoms with Crippen LogP contribution in [0.2, 0.25) is 10.0 Å². The molecular formula is C35H43Cl3N2O4. The van der Waals surface area contributed by atoms with Crippen LogP contribution < -0.4 is 10.1 Å². The molecule has 1 heterocycles. The standard InChI is InChI=1S/C35H42Cl2N2O4.ClH/c1-23(2)43-28-14-10-13-26(19-28)33(35(42)38-3)34(39-17-8-5-9-18-39)29(25-15-16-30(36)31(37)21-25)20-27(22-32(40)41)24-11-6-4-7-12-24;/h4,6-7,10-16,19,21,23,27,29,33-34H,5,8-9,17-18,20,22H2,1-3H3,(H,38,42)(H,40,41);1H. The van der Waals surface area contributed by atoms with Crippen LogP contribution in [0.4, 0.5) is 0 Å². The van der Waals surface area contributed by atoms with Crippen molar-refractivity contribution in [2.24, 2.45) is 0 Å². The molecule has 1 saturated heterocycles. The predicted octanol–water partition coefficient (Wildman–Crippen LogP) is 8.32. The van der Waals surface area contributed by atoms with Gasteiger partial charge in [0.05, 0.1) is 28.5 Å². The van der Waals surface area contributed by atoms with Crippen LogP contribution in [0.25, 0.3) is 0 Å². The number of likely N-dealkylation sites (tertiary alicyclic amines) is 1. The van der Waals surface area contributed by atoms with E-state index in [4.69, 9.17) is 27.9 Å². The Balaban J connectivity index is 0.00000529. The minimum absolute atomic E-state index is 0. The topological polar surface area (TPSA) is 78.9 Å². The van der Waals surface area contributed by atoms with E-state index < -0.39 is 11.9 Å². The Labute approximate surface area is 277 Å². The number of likely N-dealkylation sites (N-methyl/N-ethyl adjacent to an activating group) is 1. The lowest BCUT2D eigenvalue weighted by Gasteiger charge is -2.44. The molecule has 3 aromatic rings. The first kappa shape index (κ1) is 35.7. The fourth-order valence-electron chi connectivity index (χ4n) is 6.42. The number of aliphatic carboxylic acids is 1. The number of piperidine rings is 1. The second kappa shape index (κ2) is 17.1. The number of carboxylic acid groups (broad SMARTS) is 1. The Bertz CT molecular complexity index is 1370. The Hall–Kier alpha value is -2.77. The van der Waals surface area contributed by atoms with Crippen molar-refractivity contribution in [3.63, 3.8) is 0 Å². The Morgan fingerprint density at radius 2 is 1.57 bits per heavy atom. The zero-order valence-corrected chi connectivity index (χ0v) is 27.9. The highest BCUT2D eigenvalue weighted by Crippen LogP contribution is 2.44. The van der Waals surface area contributed by atoms with E-state index in [0.717, 1.165) is 49.0 Å². The second-order valence-electron chi connectivity index (χ2n) is 11.6. The van der Waals surface area contributed by atoms with Crippen LogP contribution in [0.3, 0.4) is 0 Å². The highest BCUT2D eigenvalue weighted by atomic mass is 35.5. The number of nitrogens with one attached hydrogen (secondary N) is 1. The molecule has 6 nitrogen and oxygen atoms in total. The molecule has 1 aliphatic rings. The number of hydrogen-bond donors (Lipinski definition) is 2. The molecule has 0 aromatic heterocycles. The van der Waals surface area contributed by atoms with Gasteiger partial charge in [0.25, 0.3) is 0 Å². The van der Waals surface area contributed by atoms with Gasteiger partial charge in [0, 0.05) is 19.0 Å². The molecule has 2 N–H and O–H groups in total. The normalized spacial score (nSPS) is 16.3. The van der Waals surface area contributed by atoms with Crippen molar-refractivity contribution in [2.75, 3.05) is 20.1 Å². The highest BCUT2D eigenvalue weighted by molar-refractivity contribution is 6.42. The summed E-state index contributed by atoms with van der Waals surface area (Å²) >= 11 is 13.0. The van der Waals surface area contributed by atoms with Gasteiger partial charge in [-0.25, -0.2) is 0 Å². The summed E-state index contributed by atoms with van der Waals surface area (Å²) < 4.78 is 6.04. The summed E-state index contributed by atoms with van der Waals surface area (Å²) in [5.74, 6) is -1.34. The van der Waals surface area contributed by atoms with Crippen molar-refractivity contribution >= 4 is 47.5 Å². The minimum Gasteiger partial charge on any atom is -0.491 e. The largest absolute Gasteiger partial charge is 0.491 e. The number of carbonyl (C=O) groups excluding carboxylic acids is 1. The van der Waals surface area contributed by atoms with Gasteiger partial charge in [0.2, 0.25) is 5.91 Å². The molecule has 4 rings (SSSR count). The smallest absolute Gasteiger partial charge is 0.303 e. The van der Waals surface area contributed by atoms with E-state index in [-0.39, 0.29) is 48.7 Å². The van der Waals surface area contributed by atoms with Gasteiger partial charge in [0.15, 0.2) is 0 Å². The average Bonchev–Trinajstić information content (AvgIpc) is 3.00. The Kier molecular flexibility index (Phi) is 13.9. The third-order valence-corrected chi connectivity index (χ3v) is 9.03. The Morgan fingerprint density at radius 1 is 0.886 bits per heavy atom. The summed E-state index contributed by atoms with van der Waals surface area (Å²) in [5, 5.41) is 13.8. The van der Waals surface area contributed by atoms with Crippen LogP contribution in [-0.4, -0.2) is 54.2 Å². The molecule has 0 bridgehead atoms. The van der Waals surface area contributed by atoms with Gasteiger partial charge in [-0.05, 0) is 93.1 Å².